The van der Waals surface area contributed by atoms with Gasteiger partial charge in [0.2, 0.25) is 11.8 Å². The standard InChI is InChI=1S/C11H22N2O2/c1-6-10(7(2)3)13-11(15)8(4)12-9(5)14/h7-8,10H,6H2,1-5H3,(H,12,14)(H,13,15)/t8-,10-/m1/s1. The fraction of sp³-hybridized carbons (Fsp3) is 0.818. The number of carbonyl (C=O) groups excluding carboxylic acids is 2. The first-order chi connectivity index (χ1) is 6.88. The van der Waals surface area contributed by atoms with Gasteiger partial charge in [0, 0.05) is 13.0 Å². The largest absolute Gasteiger partial charge is 0.351 e. The summed E-state index contributed by atoms with van der Waals surface area (Å²) >= 11 is 0. The zero-order valence-corrected chi connectivity index (χ0v) is 10.3. The van der Waals surface area contributed by atoms with E-state index in [9.17, 15) is 9.59 Å². The summed E-state index contributed by atoms with van der Waals surface area (Å²) in [5.41, 5.74) is 0. The highest BCUT2D eigenvalue weighted by Crippen LogP contribution is 2.05. The van der Waals surface area contributed by atoms with Gasteiger partial charge in [-0.05, 0) is 19.3 Å². The molecule has 0 unspecified atom stereocenters. The van der Waals surface area contributed by atoms with Crippen LogP contribution < -0.4 is 10.6 Å². The van der Waals surface area contributed by atoms with Crippen LogP contribution in [0.3, 0.4) is 0 Å². The molecule has 0 aromatic carbocycles. The van der Waals surface area contributed by atoms with Gasteiger partial charge < -0.3 is 10.6 Å². The normalized spacial score (nSPS) is 14.5. The van der Waals surface area contributed by atoms with Crippen molar-refractivity contribution in [2.24, 2.45) is 5.92 Å². The number of hydrogen-bond acceptors (Lipinski definition) is 2. The predicted molar refractivity (Wildman–Crippen MR) is 60.3 cm³/mol. The van der Waals surface area contributed by atoms with Crippen LogP contribution in [0.15, 0.2) is 0 Å². The Morgan fingerprint density at radius 1 is 1.13 bits per heavy atom. The number of hydrogen-bond donors (Lipinski definition) is 2. The summed E-state index contributed by atoms with van der Waals surface area (Å²) < 4.78 is 0. The van der Waals surface area contributed by atoms with Crippen LogP contribution in [0.1, 0.15) is 41.0 Å². The maximum absolute atomic E-state index is 11.6. The fourth-order valence-electron chi connectivity index (χ4n) is 1.42. The molecule has 2 amide bonds. The molecular formula is C11H22N2O2. The SMILES string of the molecule is CC[C@@H](NC(=O)[C@@H](C)NC(C)=O)C(C)C. The quantitative estimate of drug-likeness (QED) is 0.719. The molecular weight excluding hydrogens is 192 g/mol. The Hall–Kier alpha value is -1.06. The molecule has 0 bridgehead atoms. The highest BCUT2D eigenvalue weighted by molar-refractivity contribution is 5.86. The topological polar surface area (TPSA) is 58.2 Å². The lowest BCUT2D eigenvalue weighted by Crippen LogP contribution is -2.48. The van der Waals surface area contributed by atoms with Crippen LogP contribution in [0, 0.1) is 5.92 Å². The molecule has 0 saturated heterocycles. The van der Waals surface area contributed by atoms with Crippen molar-refractivity contribution in [2.45, 2.75) is 53.1 Å². The van der Waals surface area contributed by atoms with Crippen LogP contribution in [0.25, 0.3) is 0 Å². The average molecular weight is 214 g/mol. The molecule has 0 aromatic rings. The molecule has 2 atom stereocenters. The summed E-state index contributed by atoms with van der Waals surface area (Å²) in [6, 6.07) is -0.288. The Kier molecular flexibility index (Phi) is 5.97. The van der Waals surface area contributed by atoms with E-state index < -0.39 is 6.04 Å². The Bertz CT molecular complexity index is 227. The van der Waals surface area contributed by atoms with Crippen molar-refractivity contribution in [1.82, 2.24) is 10.6 Å². The van der Waals surface area contributed by atoms with E-state index in [2.05, 4.69) is 24.5 Å². The van der Waals surface area contributed by atoms with Gasteiger partial charge in [0.15, 0.2) is 0 Å². The lowest BCUT2D eigenvalue weighted by Gasteiger charge is -2.23. The maximum Gasteiger partial charge on any atom is 0.242 e. The third kappa shape index (κ3) is 5.40. The van der Waals surface area contributed by atoms with Gasteiger partial charge in [0.1, 0.15) is 6.04 Å². The Morgan fingerprint density at radius 2 is 1.67 bits per heavy atom. The molecule has 0 rings (SSSR count). The molecule has 4 nitrogen and oxygen atoms in total. The van der Waals surface area contributed by atoms with Crippen molar-refractivity contribution in [1.29, 1.82) is 0 Å². The zero-order valence-electron chi connectivity index (χ0n) is 10.3. The minimum Gasteiger partial charge on any atom is -0.351 e. The maximum atomic E-state index is 11.6. The van der Waals surface area contributed by atoms with Gasteiger partial charge in [-0.25, -0.2) is 0 Å². The molecule has 0 aliphatic rings. The molecule has 0 aliphatic carbocycles. The van der Waals surface area contributed by atoms with E-state index in [0.29, 0.717) is 5.92 Å². The first-order valence-electron chi connectivity index (χ1n) is 5.46. The third-order valence-electron chi connectivity index (χ3n) is 2.39. The number of amides is 2. The molecule has 0 fully saturated rings. The summed E-state index contributed by atoms with van der Waals surface area (Å²) in [4.78, 5) is 22.4. The van der Waals surface area contributed by atoms with Gasteiger partial charge in [-0.15, -0.1) is 0 Å². The second-order valence-electron chi connectivity index (χ2n) is 4.19. The Labute approximate surface area is 91.8 Å². The van der Waals surface area contributed by atoms with Crippen LogP contribution in [0.2, 0.25) is 0 Å². The minimum atomic E-state index is -0.463. The number of carbonyl (C=O) groups is 2. The first kappa shape index (κ1) is 13.9. The lowest BCUT2D eigenvalue weighted by atomic mass is 10.0. The fourth-order valence-corrected chi connectivity index (χ4v) is 1.42. The molecule has 88 valence electrons. The molecule has 0 heterocycles. The van der Waals surface area contributed by atoms with Crippen molar-refractivity contribution in [2.75, 3.05) is 0 Å². The highest BCUT2D eigenvalue weighted by atomic mass is 16.2. The predicted octanol–water partition coefficient (Wildman–Crippen LogP) is 1.06. The van der Waals surface area contributed by atoms with Gasteiger partial charge in [-0.1, -0.05) is 20.8 Å². The van der Waals surface area contributed by atoms with Crippen LogP contribution in [0.4, 0.5) is 0 Å². The van der Waals surface area contributed by atoms with Gasteiger partial charge in [0.05, 0.1) is 0 Å². The van der Waals surface area contributed by atoms with E-state index in [-0.39, 0.29) is 17.9 Å². The van der Waals surface area contributed by atoms with Gasteiger partial charge in [-0.3, -0.25) is 9.59 Å². The van der Waals surface area contributed by atoms with Crippen molar-refractivity contribution in [3.8, 4) is 0 Å². The van der Waals surface area contributed by atoms with Gasteiger partial charge in [0.25, 0.3) is 0 Å². The summed E-state index contributed by atoms with van der Waals surface area (Å²) in [5, 5.41) is 5.48. The molecule has 2 N–H and O–H groups in total. The smallest absolute Gasteiger partial charge is 0.242 e. The summed E-state index contributed by atoms with van der Waals surface area (Å²) in [7, 11) is 0. The Balaban J connectivity index is 4.15. The minimum absolute atomic E-state index is 0.120. The van der Waals surface area contributed by atoms with Crippen LogP contribution in [0.5, 0.6) is 0 Å². The number of nitrogens with one attached hydrogen (secondary N) is 2. The molecule has 15 heavy (non-hydrogen) atoms. The van der Waals surface area contributed by atoms with Crippen LogP contribution >= 0.6 is 0 Å². The second kappa shape index (κ2) is 6.43. The van der Waals surface area contributed by atoms with E-state index in [1.54, 1.807) is 6.92 Å². The highest BCUT2D eigenvalue weighted by Gasteiger charge is 2.18. The van der Waals surface area contributed by atoms with Crippen molar-refractivity contribution < 1.29 is 9.59 Å². The van der Waals surface area contributed by atoms with Crippen LogP contribution in [-0.2, 0) is 9.59 Å². The van der Waals surface area contributed by atoms with E-state index in [1.807, 2.05) is 6.92 Å². The van der Waals surface area contributed by atoms with Crippen molar-refractivity contribution in [3.63, 3.8) is 0 Å². The average Bonchev–Trinajstić information content (AvgIpc) is 2.11. The third-order valence-corrected chi connectivity index (χ3v) is 2.39. The molecule has 0 aromatic heterocycles. The van der Waals surface area contributed by atoms with E-state index in [0.717, 1.165) is 6.42 Å². The monoisotopic (exact) mass is 214 g/mol. The van der Waals surface area contributed by atoms with Gasteiger partial charge in [-0.2, -0.15) is 0 Å². The number of rotatable bonds is 5. The second-order valence-corrected chi connectivity index (χ2v) is 4.19. The van der Waals surface area contributed by atoms with Gasteiger partial charge >= 0.3 is 0 Å². The van der Waals surface area contributed by atoms with E-state index >= 15 is 0 Å². The molecule has 0 spiro atoms. The molecule has 4 heteroatoms. The molecule has 0 radical (unpaired) electrons. The van der Waals surface area contributed by atoms with Crippen molar-refractivity contribution in [3.05, 3.63) is 0 Å². The van der Waals surface area contributed by atoms with E-state index in [4.69, 9.17) is 0 Å². The Morgan fingerprint density at radius 3 is 2.00 bits per heavy atom. The van der Waals surface area contributed by atoms with Crippen LogP contribution in [-0.4, -0.2) is 23.9 Å². The molecule has 0 saturated carbocycles. The summed E-state index contributed by atoms with van der Waals surface area (Å²) in [5.74, 6) is 0.101. The molecule has 0 aliphatic heterocycles. The lowest BCUT2D eigenvalue weighted by molar-refractivity contribution is -0.128. The zero-order chi connectivity index (χ0) is 12.0. The van der Waals surface area contributed by atoms with E-state index in [1.165, 1.54) is 6.92 Å². The summed E-state index contributed by atoms with van der Waals surface area (Å²) in [6.45, 7) is 9.26. The summed E-state index contributed by atoms with van der Waals surface area (Å²) in [6.07, 6.45) is 0.899. The first-order valence-corrected chi connectivity index (χ1v) is 5.46. The van der Waals surface area contributed by atoms with Crippen molar-refractivity contribution >= 4 is 11.8 Å².